The van der Waals surface area contributed by atoms with Crippen LogP contribution in [-0.2, 0) is 11.2 Å². The summed E-state index contributed by atoms with van der Waals surface area (Å²) in [5.74, 6) is 0.604. The Morgan fingerprint density at radius 3 is 2.55 bits per heavy atom. The maximum atomic E-state index is 13.4. The predicted octanol–water partition coefficient (Wildman–Crippen LogP) is 5.31. The van der Waals surface area contributed by atoms with E-state index in [-0.39, 0.29) is 23.5 Å². The molecule has 1 amide bonds. The molecule has 3 aromatic carbocycles. The molecule has 4 aromatic rings. The van der Waals surface area contributed by atoms with E-state index in [1.54, 1.807) is 12.1 Å². The number of nitrogens with zero attached hydrogens (tertiary/aromatic N) is 4. The van der Waals surface area contributed by atoms with Crippen molar-refractivity contribution in [3.8, 4) is 17.1 Å². The molecule has 0 aliphatic heterocycles. The minimum absolute atomic E-state index is 0.0487. The number of carbonyl (C=O) groups excluding carboxylic acids is 1. The number of aromatic nitrogens is 3. The van der Waals surface area contributed by atoms with Crippen LogP contribution in [0.15, 0.2) is 84.0 Å². The third-order valence-electron chi connectivity index (χ3n) is 6.04. The molecular formula is C26H23FN4OS. The molecule has 1 unspecified atom stereocenters. The predicted molar refractivity (Wildman–Crippen MR) is 128 cm³/mol. The molecule has 0 saturated carbocycles. The Morgan fingerprint density at radius 1 is 1.03 bits per heavy atom. The van der Waals surface area contributed by atoms with E-state index in [1.165, 1.54) is 35.0 Å². The van der Waals surface area contributed by atoms with Gasteiger partial charge in [-0.2, -0.15) is 0 Å². The van der Waals surface area contributed by atoms with Crippen LogP contribution in [0, 0.1) is 5.82 Å². The fourth-order valence-electron chi connectivity index (χ4n) is 4.30. The number of benzene rings is 3. The lowest BCUT2D eigenvalue weighted by molar-refractivity contribution is -0.129. The lowest BCUT2D eigenvalue weighted by atomic mass is 10.1. The summed E-state index contributed by atoms with van der Waals surface area (Å²) < 4.78 is 15.4. The maximum absolute atomic E-state index is 13.4. The third-order valence-corrected chi connectivity index (χ3v) is 6.95. The summed E-state index contributed by atoms with van der Waals surface area (Å²) >= 11 is 1.36. The van der Waals surface area contributed by atoms with Crippen molar-refractivity contribution in [1.82, 2.24) is 19.7 Å². The number of carbonyl (C=O) groups is 1. The minimum atomic E-state index is -0.304. The van der Waals surface area contributed by atoms with Crippen LogP contribution in [0.25, 0.3) is 17.1 Å². The Kier molecular flexibility index (Phi) is 5.96. The SMILES string of the molecule is CN(C(=O)CSc1nnc(-c2ccc(F)cc2)n1-c1ccccc1)C1CCc2ccccc21. The lowest BCUT2D eigenvalue weighted by Gasteiger charge is -2.25. The summed E-state index contributed by atoms with van der Waals surface area (Å²) in [5, 5.41) is 9.35. The molecule has 0 spiro atoms. The van der Waals surface area contributed by atoms with E-state index in [2.05, 4.69) is 22.3 Å². The van der Waals surface area contributed by atoms with Crippen LogP contribution in [-0.4, -0.2) is 38.4 Å². The van der Waals surface area contributed by atoms with Gasteiger partial charge in [-0.15, -0.1) is 10.2 Å². The normalized spacial score (nSPS) is 14.8. The molecule has 0 fully saturated rings. The highest BCUT2D eigenvalue weighted by Crippen LogP contribution is 2.35. The molecule has 33 heavy (non-hydrogen) atoms. The second kappa shape index (κ2) is 9.19. The topological polar surface area (TPSA) is 51.0 Å². The standard InChI is InChI=1S/C26H23FN4OS/c1-30(23-16-13-18-7-5-6-10-22(18)23)24(32)17-33-26-29-28-25(19-11-14-20(27)15-12-19)31(26)21-8-3-2-4-9-21/h2-12,14-15,23H,13,16-17H2,1H3. The summed E-state index contributed by atoms with van der Waals surface area (Å²) in [7, 11) is 1.88. The molecule has 0 saturated heterocycles. The number of halogens is 1. The molecule has 1 aromatic heterocycles. The Bertz CT molecular complexity index is 1270. The molecule has 166 valence electrons. The molecule has 1 aliphatic rings. The Balaban J connectivity index is 1.38. The summed E-state index contributed by atoms with van der Waals surface area (Å²) in [6, 6.07) is 24.4. The third kappa shape index (κ3) is 4.28. The van der Waals surface area contributed by atoms with Gasteiger partial charge in [-0.3, -0.25) is 9.36 Å². The van der Waals surface area contributed by atoms with Crippen molar-refractivity contribution in [2.75, 3.05) is 12.8 Å². The van der Waals surface area contributed by atoms with Crippen molar-refractivity contribution in [1.29, 1.82) is 0 Å². The molecular weight excluding hydrogens is 435 g/mol. The molecule has 0 bridgehead atoms. The van der Waals surface area contributed by atoms with Crippen LogP contribution in [0.4, 0.5) is 4.39 Å². The lowest BCUT2D eigenvalue weighted by Crippen LogP contribution is -2.31. The monoisotopic (exact) mass is 458 g/mol. The van der Waals surface area contributed by atoms with Crippen LogP contribution in [0.1, 0.15) is 23.6 Å². The summed E-state index contributed by atoms with van der Waals surface area (Å²) in [4.78, 5) is 14.9. The first-order valence-corrected chi connectivity index (χ1v) is 11.8. The van der Waals surface area contributed by atoms with Crippen molar-refractivity contribution in [2.45, 2.75) is 24.0 Å². The molecule has 0 N–H and O–H groups in total. The zero-order valence-electron chi connectivity index (χ0n) is 18.2. The number of fused-ring (bicyclic) bond motifs is 1. The van der Waals surface area contributed by atoms with Gasteiger partial charge in [0.05, 0.1) is 11.8 Å². The number of hydrogen-bond donors (Lipinski definition) is 0. The van der Waals surface area contributed by atoms with Gasteiger partial charge in [0.25, 0.3) is 0 Å². The highest BCUT2D eigenvalue weighted by Gasteiger charge is 2.28. The number of aryl methyl sites for hydroxylation is 1. The van der Waals surface area contributed by atoms with E-state index in [4.69, 9.17) is 0 Å². The van der Waals surface area contributed by atoms with Gasteiger partial charge < -0.3 is 4.90 Å². The smallest absolute Gasteiger partial charge is 0.233 e. The molecule has 1 aliphatic carbocycles. The number of para-hydroxylation sites is 1. The highest BCUT2D eigenvalue weighted by atomic mass is 32.2. The first-order chi connectivity index (χ1) is 16.1. The second-order valence-electron chi connectivity index (χ2n) is 8.03. The zero-order chi connectivity index (χ0) is 22.8. The van der Waals surface area contributed by atoms with Gasteiger partial charge in [-0.25, -0.2) is 4.39 Å². The van der Waals surface area contributed by atoms with E-state index in [1.807, 2.05) is 59.0 Å². The quantitative estimate of drug-likeness (QED) is 0.368. The van der Waals surface area contributed by atoms with Gasteiger partial charge in [-0.1, -0.05) is 54.2 Å². The average Bonchev–Trinajstić information content (AvgIpc) is 3.47. The Hall–Kier alpha value is -3.45. The summed E-state index contributed by atoms with van der Waals surface area (Å²) in [6.07, 6.45) is 1.94. The van der Waals surface area contributed by atoms with E-state index in [9.17, 15) is 9.18 Å². The number of rotatable bonds is 6. The van der Waals surface area contributed by atoms with Gasteiger partial charge in [-0.05, 0) is 60.4 Å². The van der Waals surface area contributed by atoms with E-state index >= 15 is 0 Å². The zero-order valence-corrected chi connectivity index (χ0v) is 19.0. The summed E-state index contributed by atoms with van der Waals surface area (Å²) in [5.41, 5.74) is 4.20. The van der Waals surface area contributed by atoms with E-state index in [0.29, 0.717) is 11.0 Å². The number of hydrogen-bond acceptors (Lipinski definition) is 4. The van der Waals surface area contributed by atoms with Gasteiger partial charge in [0.15, 0.2) is 11.0 Å². The average molecular weight is 459 g/mol. The molecule has 1 atom stereocenters. The number of thioether (sulfide) groups is 1. The van der Waals surface area contributed by atoms with Crippen molar-refractivity contribution >= 4 is 17.7 Å². The van der Waals surface area contributed by atoms with Gasteiger partial charge in [0.2, 0.25) is 5.91 Å². The molecule has 1 heterocycles. The van der Waals surface area contributed by atoms with Crippen LogP contribution in [0.3, 0.4) is 0 Å². The minimum Gasteiger partial charge on any atom is -0.338 e. The highest BCUT2D eigenvalue weighted by molar-refractivity contribution is 7.99. The fraction of sp³-hybridized carbons (Fsp3) is 0.192. The molecule has 5 nitrogen and oxygen atoms in total. The van der Waals surface area contributed by atoms with Crippen LogP contribution in [0.5, 0.6) is 0 Å². The Morgan fingerprint density at radius 2 is 1.76 bits per heavy atom. The van der Waals surface area contributed by atoms with E-state index < -0.39 is 0 Å². The Labute approximate surface area is 196 Å². The second-order valence-corrected chi connectivity index (χ2v) is 8.97. The van der Waals surface area contributed by atoms with Gasteiger partial charge in [0.1, 0.15) is 5.82 Å². The maximum Gasteiger partial charge on any atom is 0.233 e. The first-order valence-electron chi connectivity index (χ1n) is 10.8. The summed E-state index contributed by atoms with van der Waals surface area (Å²) in [6.45, 7) is 0. The first kappa shape index (κ1) is 21.4. The van der Waals surface area contributed by atoms with Gasteiger partial charge in [0, 0.05) is 18.3 Å². The van der Waals surface area contributed by atoms with Gasteiger partial charge >= 0.3 is 0 Å². The van der Waals surface area contributed by atoms with Crippen LogP contribution in [0.2, 0.25) is 0 Å². The molecule has 7 heteroatoms. The van der Waals surface area contributed by atoms with Crippen molar-refractivity contribution < 1.29 is 9.18 Å². The van der Waals surface area contributed by atoms with Crippen molar-refractivity contribution in [3.05, 3.63) is 95.8 Å². The van der Waals surface area contributed by atoms with Crippen LogP contribution < -0.4 is 0 Å². The van der Waals surface area contributed by atoms with Crippen molar-refractivity contribution in [3.63, 3.8) is 0 Å². The molecule has 5 rings (SSSR count). The molecule has 0 radical (unpaired) electrons. The van der Waals surface area contributed by atoms with Crippen molar-refractivity contribution in [2.24, 2.45) is 0 Å². The van der Waals surface area contributed by atoms with Crippen LogP contribution >= 0.6 is 11.8 Å². The largest absolute Gasteiger partial charge is 0.338 e. The number of amides is 1. The fourth-order valence-corrected chi connectivity index (χ4v) is 5.17. The van der Waals surface area contributed by atoms with E-state index in [0.717, 1.165) is 24.1 Å².